The average molecular weight is 307 g/mol. The largest absolute Gasteiger partial charge is 0.480 e. The molecule has 1 aliphatic rings. The molecule has 1 aliphatic heterocycles. The van der Waals surface area contributed by atoms with E-state index in [-0.39, 0.29) is 5.91 Å². The Morgan fingerprint density at radius 2 is 2.10 bits per heavy atom. The van der Waals surface area contributed by atoms with Crippen molar-refractivity contribution in [3.63, 3.8) is 0 Å². The maximum atomic E-state index is 12.1. The number of hydrogen-bond donors (Lipinski definition) is 1. The van der Waals surface area contributed by atoms with Gasteiger partial charge < -0.3 is 10.0 Å². The van der Waals surface area contributed by atoms with Gasteiger partial charge in [-0.15, -0.1) is 11.8 Å². The zero-order valence-corrected chi connectivity index (χ0v) is 13.3. The van der Waals surface area contributed by atoms with Crippen molar-refractivity contribution in [2.45, 2.75) is 44.0 Å². The molecule has 1 atom stereocenters. The smallest absolute Gasteiger partial charge is 0.326 e. The Morgan fingerprint density at radius 1 is 1.33 bits per heavy atom. The molecule has 0 aromatic heterocycles. The van der Waals surface area contributed by atoms with Gasteiger partial charge in [0.15, 0.2) is 0 Å². The predicted molar refractivity (Wildman–Crippen MR) is 83.6 cm³/mol. The predicted octanol–water partition coefficient (Wildman–Crippen LogP) is 2.86. The van der Waals surface area contributed by atoms with Gasteiger partial charge in [-0.05, 0) is 49.9 Å². The van der Waals surface area contributed by atoms with Gasteiger partial charge in [-0.2, -0.15) is 0 Å². The fraction of sp³-hybridized carbons (Fsp3) is 0.500. The van der Waals surface area contributed by atoms with Crippen LogP contribution in [0.5, 0.6) is 0 Å². The number of aryl methyl sites for hydroxylation is 2. The van der Waals surface area contributed by atoms with Crippen LogP contribution in [0, 0.1) is 13.8 Å². The minimum Gasteiger partial charge on any atom is -0.480 e. The highest BCUT2D eigenvalue weighted by Gasteiger charge is 2.33. The summed E-state index contributed by atoms with van der Waals surface area (Å²) in [6, 6.07) is 5.65. The Hall–Kier alpha value is -1.49. The van der Waals surface area contributed by atoms with Gasteiger partial charge in [-0.25, -0.2) is 4.79 Å². The van der Waals surface area contributed by atoms with Crippen LogP contribution in [0.2, 0.25) is 0 Å². The number of carbonyl (C=O) groups excluding carboxylic acids is 1. The highest BCUT2D eigenvalue weighted by atomic mass is 32.2. The molecule has 1 heterocycles. The monoisotopic (exact) mass is 307 g/mol. The lowest BCUT2D eigenvalue weighted by atomic mass is 10.1. The van der Waals surface area contributed by atoms with Gasteiger partial charge in [0.1, 0.15) is 6.04 Å². The van der Waals surface area contributed by atoms with E-state index in [1.54, 1.807) is 11.8 Å². The van der Waals surface area contributed by atoms with E-state index >= 15 is 0 Å². The SMILES string of the molecule is Cc1ccc(SCCC(=O)N2CCC[C@H]2C(=O)O)cc1C. The summed E-state index contributed by atoms with van der Waals surface area (Å²) in [5.74, 6) is -0.247. The molecule has 1 amide bonds. The van der Waals surface area contributed by atoms with E-state index in [1.165, 1.54) is 16.0 Å². The summed E-state index contributed by atoms with van der Waals surface area (Å²) in [4.78, 5) is 25.9. The molecule has 0 spiro atoms. The zero-order valence-electron chi connectivity index (χ0n) is 12.5. The molecule has 0 aliphatic carbocycles. The molecule has 21 heavy (non-hydrogen) atoms. The van der Waals surface area contributed by atoms with Crippen LogP contribution < -0.4 is 0 Å². The number of benzene rings is 1. The van der Waals surface area contributed by atoms with Crippen molar-refractivity contribution in [3.05, 3.63) is 29.3 Å². The van der Waals surface area contributed by atoms with Crippen LogP contribution in [-0.2, 0) is 9.59 Å². The van der Waals surface area contributed by atoms with Crippen molar-refractivity contribution in [1.82, 2.24) is 4.90 Å². The van der Waals surface area contributed by atoms with E-state index in [0.717, 1.165) is 11.3 Å². The first-order valence-electron chi connectivity index (χ1n) is 7.21. The number of likely N-dealkylation sites (tertiary alicyclic amines) is 1. The lowest BCUT2D eigenvalue weighted by Gasteiger charge is -2.21. The second-order valence-electron chi connectivity index (χ2n) is 5.43. The average Bonchev–Trinajstić information content (AvgIpc) is 2.92. The number of amides is 1. The molecule has 4 nitrogen and oxygen atoms in total. The third-order valence-corrected chi connectivity index (χ3v) is 4.92. The number of aliphatic carboxylic acids is 1. The number of nitrogens with zero attached hydrogens (tertiary/aromatic N) is 1. The molecule has 1 N–H and O–H groups in total. The topological polar surface area (TPSA) is 57.6 Å². The van der Waals surface area contributed by atoms with Gasteiger partial charge in [0.05, 0.1) is 0 Å². The minimum atomic E-state index is -0.886. The van der Waals surface area contributed by atoms with Crippen molar-refractivity contribution in [1.29, 1.82) is 0 Å². The molecule has 0 saturated carbocycles. The molecule has 114 valence electrons. The van der Waals surface area contributed by atoms with Gasteiger partial charge in [0, 0.05) is 23.6 Å². The number of rotatable bonds is 5. The number of carboxylic acids is 1. The normalized spacial score (nSPS) is 18.0. The lowest BCUT2D eigenvalue weighted by molar-refractivity contribution is -0.148. The van der Waals surface area contributed by atoms with Crippen molar-refractivity contribution >= 4 is 23.6 Å². The van der Waals surface area contributed by atoms with Crippen molar-refractivity contribution in [2.24, 2.45) is 0 Å². The summed E-state index contributed by atoms with van der Waals surface area (Å²) < 4.78 is 0. The zero-order chi connectivity index (χ0) is 15.4. The molecule has 0 unspecified atom stereocenters. The summed E-state index contributed by atoms with van der Waals surface area (Å²) in [7, 11) is 0. The Labute approximate surface area is 129 Å². The Bertz CT molecular complexity index is 544. The van der Waals surface area contributed by atoms with Crippen LogP contribution in [0.1, 0.15) is 30.4 Å². The van der Waals surface area contributed by atoms with Gasteiger partial charge in [0.2, 0.25) is 5.91 Å². The van der Waals surface area contributed by atoms with Crippen LogP contribution in [0.3, 0.4) is 0 Å². The molecular formula is C16H21NO3S. The highest BCUT2D eigenvalue weighted by Crippen LogP contribution is 2.23. The van der Waals surface area contributed by atoms with E-state index < -0.39 is 12.0 Å². The van der Waals surface area contributed by atoms with E-state index in [9.17, 15) is 9.59 Å². The van der Waals surface area contributed by atoms with Crippen molar-refractivity contribution < 1.29 is 14.7 Å². The van der Waals surface area contributed by atoms with Gasteiger partial charge in [-0.1, -0.05) is 6.07 Å². The van der Waals surface area contributed by atoms with Gasteiger partial charge >= 0.3 is 5.97 Å². The number of hydrogen-bond acceptors (Lipinski definition) is 3. The van der Waals surface area contributed by atoms with E-state index in [0.29, 0.717) is 25.1 Å². The first-order chi connectivity index (χ1) is 9.99. The van der Waals surface area contributed by atoms with Crippen LogP contribution in [0.25, 0.3) is 0 Å². The molecule has 1 fully saturated rings. The minimum absolute atomic E-state index is 0.0452. The molecule has 1 aromatic rings. The summed E-state index contributed by atoms with van der Waals surface area (Å²) in [6.07, 6.45) is 1.75. The molecular weight excluding hydrogens is 286 g/mol. The lowest BCUT2D eigenvalue weighted by Crippen LogP contribution is -2.40. The number of carbonyl (C=O) groups is 2. The van der Waals surface area contributed by atoms with E-state index in [2.05, 4.69) is 32.0 Å². The fourth-order valence-corrected chi connectivity index (χ4v) is 3.46. The molecule has 1 aromatic carbocycles. The van der Waals surface area contributed by atoms with Crippen LogP contribution >= 0.6 is 11.8 Å². The summed E-state index contributed by atoms with van der Waals surface area (Å²) in [5.41, 5.74) is 2.51. The molecule has 0 bridgehead atoms. The summed E-state index contributed by atoms with van der Waals surface area (Å²) in [6.45, 7) is 4.73. The third-order valence-electron chi connectivity index (χ3n) is 3.92. The van der Waals surface area contributed by atoms with Gasteiger partial charge in [-0.3, -0.25) is 4.79 Å². The van der Waals surface area contributed by atoms with E-state index in [4.69, 9.17) is 5.11 Å². The number of thioether (sulfide) groups is 1. The molecule has 2 rings (SSSR count). The fourth-order valence-electron chi connectivity index (χ4n) is 2.53. The molecule has 1 saturated heterocycles. The van der Waals surface area contributed by atoms with Crippen LogP contribution in [-0.4, -0.2) is 40.2 Å². The van der Waals surface area contributed by atoms with Crippen molar-refractivity contribution in [2.75, 3.05) is 12.3 Å². The van der Waals surface area contributed by atoms with Crippen LogP contribution in [0.4, 0.5) is 0 Å². The Balaban J connectivity index is 1.84. The van der Waals surface area contributed by atoms with Crippen LogP contribution in [0.15, 0.2) is 23.1 Å². The second kappa shape index (κ2) is 6.98. The standard InChI is InChI=1S/C16H21NO3S/c1-11-5-6-13(10-12(11)2)21-9-7-15(18)17-8-3-4-14(17)16(19)20/h5-6,10,14H,3-4,7-9H2,1-2H3,(H,19,20)/t14-/m0/s1. The maximum absolute atomic E-state index is 12.1. The number of carboxylic acid groups (broad SMARTS) is 1. The maximum Gasteiger partial charge on any atom is 0.326 e. The summed E-state index contributed by atoms with van der Waals surface area (Å²) >= 11 is 1.65. The molecule has 0 radical (unpaired) electrons. The first-order valence-corrected chi connectivity index (χ1v) is 8.20. The second-order valence-corrected chi connectivity index (χ2v) is 6.60. The van der Waals surface area contributed by atoms with Gasteiger partial charge in [0.25, 0.3) is 0 Å². The molecule has 5 heteroatoms. The Kier molecular flexibility index (Phi) is 5.28. The van der Waals surface area contributed by atoms with E-state index in [1.807, 2.05) is 0 Å². The van der Waals surface area contributed by atoms with Crippen molar-refractivity contribution in [3.8, 4) is 0 Å². The highest BCUT2D eigenvalue weighted by molar-refractivity contribution is 7.99. The first kappa shape index (κ1) is 15.9. The Morgan fingerprint density at radius 3 is 2.76 bits per heavy atom. The quantitative estimate of drug-likeness (QED) is 0.850. The summed E-state index contributed by atoms with van der Waals surface area (Å²) in [5, 5.41) is 9.09. The third kappa shape index (κ3) is 4.00.